The van der Waals surface area contributed by atoms with Gasteiger partial charge in [0.15, 0.2) is 0 Å². The van der Waals surface area contributed by atoms with Gasteiger partial charge in [0.05, 0.1) is 23.2 Å². The molecule has 2 atom stereocenters. The van der Waals surface area contributed by atoms with Crippen LogP contribution in [0.3, 0.4) is 0 Å². The fourth-order valence-electron chi connectivity index (χ4n) is 2.54. The van der Waals surface area contributed by atoms with Crippen molar-refractivity contribution < 1.29 is 9.66 Å². The molecule has 6 heteroatoms. The highest BCUT2D eigenvalue weighted by Crippen LogP contribution is 2.26. The summed E-state index contributed by atoms with van der Waals surface area (Å²) >= 11 is 3.25. The highest BCUT2D eigenvalue weighted by molar-refractivity contribution is 9.10. The lowest BCUT2D eigenvalue weighted by atomic mass is 10.1. The van der Waals surface area contributed by atoms with Gasteiger partial charge in [-0.2, -0.15) is 0 Å². The van der Waals surface area contributed by atoms with Crippen LogP contribution in [-0.2, 0) is 11.3 Å². The van der Waals surface area contributed by atoms with Gasteiger partial charge in [0, 0.05) is 16.6 Å². The van der Waals surface area contributed by atoms with Gasteiger partial charge in [-0.25, -0.2) is 0 Å². The van der Waals surface area contributed by atoms with Gasteiger partial charge in [0.25, 0.3) is 5.69 Å². The Labute approximate surface area is 126 Å². The Balaban J connectivity index is 2.04. The van der Waals surface area contributed by atoms with E-state index in [1.165, 1.54) is 12.5 Å². The van der Waals surface area contributed by atoms with E-state index in [0.717, 1.165) is 25.7 Å². The lowest BCUT2D eigenvalue weighted by Gasteiger charge is -2.21. The molecule has 0 saturated heterocycles. The van der Waals surface area contributed by atoms with Crippen molar-refractivity contribution in [3.05, 3.63) is 38.3 Å². The second kappa shape index (κ2) is 7.15. The van der Waals surface area contributed by atoms with Gasteiger partial charge in [-0.15, -0.1) is 0 Å². The van der Waals surface area contributed by atoms with Crippen molar-refractivity contribution in [1.82, 2.24) is 0 Å². The SMILES string of the molecule is NC1CCCCCC1OCc1ccc(Br)cc1[N+](=O)[O-]. The molecule has 0 heterocycles. The molecule has 0 radical (unpaired) electrons. The molecule has 0 aliphatic heterocycles. The van der Waals surface area contributed by atoms with Crippen molar-refractivity contribution >= 4 is 21.6 Å². The third-order valence-electron chi connectivity index (χ3n) is 3.70. The summed E-state index contributed by atoms with van der Waals surface area (Å²) in [5.41, 5.74) is 6.78. The molecule has 5 nitrogen and oxygen atoms in total. The van der Waals surface area contributed by atoms with Gasteiger partial charge < -0.3 is 10.5 Å². The summed E-state index contributed by atoms with van der Waals surface area (Å²) < 4.78 is 6.54. The monoisotopic (exact) mass is 342 g/mol. The van der Waals surface area contributed by atoms with E-state index in [9.17, 15) is 10.1 Å². The normalized spacial score (nSPS) is 23.3. The first-order chi connectivity index (χ1) is 9.58. The van der Waals surface area contributed by atoms with Crippen LogP contribution in [0.25, 0.3) is 0 Å². The molecule has 1 aliphatic rings. The summed E-state index contributed by atoms with van der Waals surface area (Å²) in [6.45, 7) is 0.238. The van der Waals surface area contributed by atoms with Crippen LogP contribution in [0.15, 0.2) is 22.7 Å². The Morgan fingerprint density at radius 2 is 2.10 bits per heavy atom. The predicted octanol–water partition coefficient (Wildman–Crippen LogP) is 3.53. The Morgan fingerprint density at radius 3 is 2.85 bits per heavy atom. The van der Waals surface area contributed by atoms with Crippen molar-refractivity contribution in [2.75, 3.05) is 0 Å². The number of halogens is 1. The Morgan fingerprint density at radius 1 is 1.35 bits per heavy atom. The van der Waals surface area contributed by atoms with Crippen LogP contribution in [0, 0.1) is 10.1 Å². The second-order valence-corrected chi connectivity index (χ2v) is 6.10. The molecule has 1 aromatic carbocycles. The first kappa shape index (κ1) is 15.4. The van der Waals surface area contributed by atoms with E-state index in [0.29, 0.717) is 10.0 Å². The molecule has 2 unspecified atom stereocenters. The number of ether oxygens (including phenoxy) is 1. The number of nitrogens with two attached hydrogens (primary N) is 1. The molecule has 0 spiro atoms. The lowest BCUT2D eigenvalue weighted by molar-refractivity contribution is -0.386. The first-order valence-electron chi connectivity index (χ1n) is 6.88. The third kappa shape index (κ3) is 4.01. The van der Waals surface area contributed by atoms with Crippen molar-refractivity contribution in [3.63, 3.8) is 0 Å². The summed E-state index contributed by atoms with van der Waals surface area (Å²) in [4.78, 5) is 10.7. The summed E-state index contributed by atoms with van der Waals surface area (Å²) in [5.74, 6) is 0. The van der Waals surface area contributed by atoms with E-state index in [2.05, 4.69) is 15.9 Å². The average molecular weight is 343 g/mol. The molecule has 1 aliphatic carbocycles. The predicted molar refractivity (Wildman–Crippen MR) is 80.4 cm³/mol. The summed E-state index contributed by atoms with van der Waals surface area (Å²) in [5, 5.41) is 11.0. The van der Waals surface area contributed by atoms with Crippen molar-refractivity contribution in [2.24, 2.45) is 5.73 Å². The minimum atomic E-state index is -0.378. The van der Waals surface area contributed by atoms with Crippen LogP contribution in [-0.4, -0.2) is 17.1 Å². The Hall–Kier alpha value is -0.980. The number of nitrogens with zero attached hydrogens (tertiary/aromatic N) is 1. The maximum absolute atomic E-state index is 11.0. The van der Waals surface area contributed by atoms with Gasteiger partial charge in [0.1, 0.15) is 0 Å². The van der Waals surface area contributed by atoms with Gasteiger partial charge >= 0.3 is 0 Å². The van der Waals surface area contributed by atoms with Crippen LogP contribution < -0.4 is 5.73 Å². The van der Waals surface area contributed by atoms with E-state index in [1.54, 1.807) is 12.1 Å². The van der Waals surface area contributed by atoms with E-state index in [1.807, 2.05) is 0 Å². The lowest BCUT2D eigenvalue weighted by Crippen LogP contribution is -2.35. The molecule has 2 N–H and O–H groups in total. The molecule has 1 fully saturated rings. The Bertz CT molecular complexity index is 481. The number of nitro benzene ring substituents is 1. The van der Waals surface area contributed by atoms with Gasteiger partial charge in [-0.3, -0.25) is 10.1 Å². The van der Waals surface area contributed by atoms with Crippen LogP contribution in [0.4, 0.5) is 5.69 Å². The molecular weight excluding hydrogens is 324 g/mol. The van der Waals surface area contributed by atoms with Gasteiger partial charge in [-0.1, -0.05) is 35.2 Å². The van der Waals surface area contributed by atoms with Crippen molar-refractivity contribution in [2.45, 2.75) is 50.9 Å². The topological polar surface area (TPSA) is 78.4 Å². The standard InChI is InChI=1S/C14H19BrN2O3/c15-11-7-6-10(13(8-11)17(18)19)9-20-14-5-3-1-2-4-12(14)16/h6-8,12,14H,1-5,9,16H2. The second-order valence-electron chi connectivity index (χ2n) is 5.18. The van der Waals surface area contributed by atoms with Crippen LogP contribution in [0.1, 0.15) is 37.7 Å². The zero-order chi connectivity index (χ0) is 14.5. The fourth-order valence-corrected chi connectivity index (χ4v) is 2.88. The molecule has 0 aromatic heterocycles. The molecule has 2 rings (SSSR count). The van der Waals surface area contributed by atoms with E-state index in [4.69, 9.17) is 10.5 Å². The highest BCUT2D eigenvalue weighted by Gasteiger charge is 2.22. The van der Waals surface area contributed by atoms with E-state index >= 15 is 0 Å². The molecule has 0 bridgehead atoms. The molecule has 1 saturated carbocycles. The largest absolute Gasteiger partial charge is 0.372 e. The molecular formula is C14H19BrN2O3. The van der Waals surface area contributed by atoms with E-state index in [-0.39, 0.29) is 29.4 Å². The highest BCUT2D eigenvalue weighted by atomic mass is 79.9. The molecule has 1 aromatic rings. The van der Waals surface area contributed by atoms with Crippen LogP contribution in [0.2, 0.25) is 0 Å². The first-order valence-corrected chi connectivity index (χ1v) is 7.67. The Kier molecular flexibility index (Phi) is 5.51. The van der Waals surface area contributed by atoms with Crippen molar-refractivity contribution in [3.8, 4) is 0 Å². The number of benzene rings is 1. The zero-order valence-electron chi connectivity index (χ0n) is 11.3. The third-order valence-corrected chi connectivity index (χ3v) is 4.19. The maximum Gasteiger partial charge on any atom is 0.276 e. The van der Waals surface area contributed by atoms with E-state index < -0.39 is 0 Å². The molecule has 110 valence electrons. The number of hydrogen-bond acceptors (Lipinski definition) is 4. The molecule has 0 amide bonds. The van der Waals surface area contributed by atoms with Crippen LogP contribution in [0.5, 0.6) is 0 Å². The maximum atomic E-state index is 11.0. The number of rotatable bonds is 4. The van der Waals surface area contributed by atoms with Gasteiger partial charge in [-0.05, 0) is 25.0 Å². The number of nitro groups is 1. The van der Waals surface area contributed by atoms with Crippen LogP contribution >= 0.6 is 15.9 Å². The number of hydrogen-bond donors (Lipinski definition) is 1. The smallest absolute Gasteiger partial charge is 0.276 e. The summed E-state index contributed by atoms with van der Waals surface area (Å²) in [6.07, 6.45) is 5.34. The fraction of sp³-hybridized carbons (Fsp3) is 0.571. The summed E-state index contributed by atoms with van der Waals surface area (Å²) in [6, 6.07) is 5.06. The minimum absolute atomic E-state index is 0.000695. The van der Waals surface area contributed by atoms with Crippen molar-refractivity contribution in [1.29, 1.82) is 0 Å². The minimum Gasteiger partial charge on any atom is -0.372 e. The average Bonchev–Trinajstić information content (AvgIpc) is 2.62. The quantitative estimate of drug-likeness (QED) is 0.515. The zero-order valence-corrected chi connectivity index (χ0v) is 12.8. The van der Waals surface area contributed by atoms with Gasteiger partial charge in [0.2, 0.25) is 0 Å². The molecule has 20 heavy (non-hydrogen) atoms. The summed E-state index contributed by atoms with van der Waals surface area (Å²) in [7, 11) is 0.